The second kappa shape index (κ2) is 11.3. The van der Waals surface area contributed by atoms with Gasteiger partial charge >= 0.3 is 0 Å². The number of fused-ring (bicyclic) bond motifs is 1. The Bertz CT molecular complexity index is 1390. The molecule has 4 rings (SSSR count). The SMILES string of the molecule is C=CC(=O)N[C@H]1CN(C(C)=O)C[C@H]1Nc1ncc2cc(-c3c(Cl)c(OC)cc(OC)c3Cl)nc(NC)c2n1. The number of hydrogen-bond donors (Lipinski definition) is 3. The number of halogens is 2. The van der Waals surface area contributed by atoms with Crippen LogP contribution in [-0.4, -0.2) is 78.1 Å². The molecule has 0 aliphatic carbocycles. The number of anilines is 2. The summed E-state index contributed by atoms with van der Waals surface area (Å²) in [5.41, 5.74) is 1.46. The first-order valence-electron chi connectivity index (χ1n) is 11.6. The summed E-state index contributed by atoms with van der Waals surface area (Å²) >= 11 is 13.2. The van der Waals surface area contributed by atoms with Crippen molar-refractivity contribution in [2.45, 2.75) is 19.0 Å². The zero-order valence-corrected chi connectivity index (χ0v) is 22.8. The topological polar surface area (TPSA) is 131 Å². The largest absolute Gasteiger partial charge is 0.495 e. The first kappa shape index (κ1) is 27.2. The first-order valence-corrected chi connectivity index (χ1v) is 12.4. The number of rotatable bonds is 8. The lowest BCUT2D eigenvalue weighted by atomic mass is 10.1. The molecule has 1 aliphatic heterocycles. The van der Waals surface area contributed by atoms with Crippen molar-refractivity contribution in [2.75, 3.05) is 45.0 Å². The van der Waals surface area contributed by atoms with Gasteiger partial charge in [-0.15, -0.1) is 0 Å². The summed E-state index contributed by atoms with van der Waals surface area (Å²) in [6.45, 7) is 5.72. The molecule has 0 unspecified atom stereocenters. The van der Waals surface area contributed by atoms with Gasteiger partial charge in [0.1, 0.15) is 17.0 Å². The van der Waals surface area contributed by atoms with E-state index in [0.29, 0.717) is 58.5 Å². The minimum atomic E-state index is -0.347. The minimum absolute atomic E-state index is 0.0905. The summed E-state index contributed by atoms with van der Waals surface area (Å²) in [6, 6.07) is 2.72. The molecule has 11 nitrogen and oxygen atoms in total. The third-order valence-electron chi connectivity index (χ3n) is 6.23. The highest BCUT2D eigenvalue weighted by molar-refractivity contribution is 6.41. The number of aromatic nitrogens is 3. The maximum atomic E-state index is 12.0. The van der Waals surface area contributed by atoms with Crippen molar-refractivity contribution in [3.05, 3.63) is 41.0 Å². The van der Waals surface area contributed by atoms with Gasteiger partial charge in [-0.05, 0) is 12.1 Å². The molecule has 3 N–H and O–H groups in total. The van der Waals surface area contributed by atoms with E-state index in [2.05, 4.69) is 32.5 Å². The van der Waals surface area contributed by atoms with E-state index in [4.69, 9.17) is 37.7 Å². The standard InChI is InChI=1S/C25H27Cl2N7O4/c1-6-19(36)30-15-10-34(12(2)35)11-16(15)32-25-29-9-13-7-14(31-24(28-3)23(13)33-25)20-21(26)17(37-4)8-18(38-5)22(20)27/h6-9,15-16H,1,10-11H2,2-5H3,(H,28,31)(H,30,36)(H,29,32,33)/t15-,16+/m0/s1. The predicted molar refractivity (Wildman–Crippen MR) is 147 cm³/mol. The fourth-order valence-electron chi connectivity index (χ4n) is 4.28. The molecule has 200 valence electrons. The normalized spacial score (nSPS) is 16.7. The van der Waals surface area contributed by atoms with E-state index in [9.17, 15) is 9.59 Å². The van der Waals surface area contributed by atoms with Crippen molar-refractivity contribution in [1.29, 1.82) is 0 Å². The summed E-state index contributed by atoms with van der Waals surface area (Å²) in [5.74, 6) is 1.14. The van der Waals surface area contributed by atoms with E-state index >= 15 is 0 Å². The molecule has 0 bridgehead atoms. The van der Waals surface area contributed by atoms with Gasteiger partial charge in [-0.3, -0.25) is 9.59 Å². The summed E-state index contributed by atoms with van der Waals surface area (Å²) in [5, 5.41) is 10.4. The van der Waals surface area contributed by atoms with Crippen LogP contribution in [0.15, 0.2) is 31.0 Å². The summed E-state index contributed by atoms with van der Waals surface area (Å²) in [7, 11) is 4.72. The molecule has 0 spiro atoms. The van der Waals surface area contributed by atoms with Crippen LogP contribution in [0.25, 0.3) is 22.2 Å². The van der Waals surface area contributed by atoms with Crippen LogP contribution in [0.3, 0.4) is 0 Å². The second-order valence-electron chi connectivity index (χ2n) is 8.52. The summed E-state index contributed by atoms with van der Waals surface area (Å²) in [4.78, 5) is 39.4. The van der Waals surface area contributed by atoms with Crippen molar-refractivity contribution < 1.29 is 19.1 Å². The van der Waals surface area contributed by atoms with Crippen LogP contribution in [0.5, 0.6) is 11.5 Å². The van der Waals surface area contributed by atoms with E-state index in [-0.39, 0.29) is 33.9 Å². The first-order chi connectivity index (χ1) is 18.2. The van der Waals surface area contributed by atoms with Crippen LogP contribution >= 0.6 is 23.2 Å². The highest BCUT2D eigenvalue weighted by Crippen LogP contribution is 2.46. The Balaban J connectivity index is 1.72. The van der Waals surface area contributed by atoms with Gasteiger partial charge in [-0.2, -0.15) is 0 Å². The lowest BCUT2D eigenvalue weighted by Gasteiger charge is -2.20. The van der Waals surface area contributed by atoms with Gasteiger partial charge in [-0.25, -0.2) is 15.0 Å². The van der Waals surface area contributed by atoms with E-state index in [1.165, 1.54) is 27.2 Å². The minimum Gasteiger partial charge on any atom is -0.495 e. The summed E-state index contributed by atoms with van der Waals surface area (Å²) in [6.07, 6.45) is 2.84. The second-order valence-corrected chi connectivity index (χ2v) is 9.27. The van der Waals surface area contributed by atoms with E-state index in [1.807, 2.05) is 0 Å². The van der Waals surface area contributed by atoms with E-state index in [0.717, 1.165) is 0 Å². The van der Waals surface area contributed by atoms with Crippen molar-refractivity contribution in [2.24, 2.45) is 0 Å². The number of pyridine rings is 1. The van der Waals surface area contributed by atoms with Gasteiger partial charge in [0.2, 0.25) is 17.8 Å². The third kappa shape index (κ3) is 5.25. The Morgan fingerprint density at radius 3 is 2.34 bits per heavy atom. The van der Waals surface area contributed by atoms with Gasteiger partial charge in [0.05, 0.1) is 42.0 Å². The number of nitrogens with one attached hydrogen (secondary N) is 3. The molecule has 0 saturated carbocycles. The predicted octanol–water partition coefficient (Wildman–Crippen LogP) is 3.37. The van der Waals surface area contributed by atoms with Crippen molar-refractivity contribution in [1.82, 2.24) is 25.2 Å². The van der Waals surface area contributed by atoms with Gasteiger partial charge in [0.25, 0.3) is 0 Å². The Labute approximate surface area is 229 Å². The maximum absolute atomic E-state index is 12.0. The fraction of sp³-hybridized carbons (Fsp3) is 0.320. The molecule has 1 aromatic carbocycles. The van der Waals surface area contributed by atoms with Crippen LogP contribution in [0, 0.1) is 0 Å². The molecular weight excluding hydrogens is 533 g/mol. The fourth-order valence-corrected chi connectivity index (χ4v) is 4.98. The van der Waals surface area contributed by atoms with Gasteiger partial charge in [0.15, 0.2) is 5.82 Å². The van der Waals surface area contributed by atoms with Crippen LogP contribution in [0.2, 0.25) is 10.0 Å². The number of benzene rings is 1. The highest BCUT2D eigenvalue weighted by atomic mass is 35.5. The van der Waals surface area contributed by atoms with Crippen molar-refractivity contribution in [3.63, 3.8) is 0 Å². The molecule has 1 saturated heterocycles. The highest BCUT2D eigenvalue weighted by Gasteiger charge is 2.35. The number of methoxy groups -OCH3 is 2. The molecule has 1 aliphatic rings. The smallest absolute Gasteiger partial charge is 0.243 e. The summed E-state index contributed by atoms with van der Waals surface area (Å²) < 4.78 is 10.8. The van der Waals surface area contributed by atoms with Crippen LogP contribution in [-0.2, 0) is 9.59 Å². The molecule has 3 aromatic rings. The third-order valence-corrected chi connectivity index (χ3v) is 6.98. The number of ether oxygens (including phenoxy) is 2. The van der Waals surface area contributed by atoms with E-state index in [1.54, 1.807) is 30.3 Å². The number of carbonyl (C=O) groups is 2. The Morgan fingerprint density at radius 2 is 1.76 bits per heavy atom. The maximum Gasteiger partial charge on any atom is 0.243 e. The molecule has 0 radical (unpaired) electrons. The van der Waals surface area contributed by atoms with E-state index < -0.39 is 0 Å². The Kier molecular flexibility index (Phi) is 8.08. The van der Waals surface area contributed by atoms with Crippen LogP contribution in [0.1, 0.15) is 6.92 Å². The average molecular weight is 560 g/mol. The van der Waals surface area contributed by atoms with Gasteiger partial charge in [0, 0.05) is 50.3 Å². The van der Waals surface area contributed by atoms with Crippen LogP contribution in [0.4, 0.5) is 11.8 Å². The van der Waals surface area contributed by atoms with Gasteiger partial charge in [-0.1, -0.05) is 29.8 Å². The monoisotopic (exact) mass is 559 g/mol. The average Bonchev–Trinajstić information content (AvgIpc) is 3.30. The van der Waals surface area contributed by atoms with Crippen molar-refractivity contribution >= 4 is 57.7 Å². The molecule has 3 heterocycles. The molecule has 13 heteroatoms. The number of amides is 2. The Morgan fingerprint density at radius 1 is 1.11 bits per heavy atom. The number of hydrogen-bond acceptors (Lipinski definition) is 9. The number of carbonyl (C=O) groups excluding carboxylic acids is 2. The van der Waals surface area contributed by atoms with Crippen LogP contribution < -0.4 is 25.4 Å². The lowest BCUT2D eigenvalue weighted by Crippen LogP contribution is -2.45. The molecular formula is C25H27Cl2N7O4. The van der Waals surface area contributed by atoms with Crippen molar-refractivity contribution in [3.8, 4) is 22.8 Å². The van der Waals surface area contributed by atoms with Gasteiger partial charge < -0.3 is 30.3 Å². The Hall–Kier alpha value is -3.83. The number of likely N-dealkylation sites (tertiary alicyclic amines) is 1. The quantitative estimate of drug-likeness (QED) is 0.355. The zero-order chi connectivity index (χ0) is 27.6. The molecule has 2 aromatic heterocycles. The molecule has 2 amide bonds. The lowest BCUT2D eigenvalue weighted by molar-refractivity contribution is -0.128. The number of nitrogens with zero attached hydrogens (tertiary/aromatic N) is 4. The molecule has 2 atom stereocenters. The zero-order valence-electron chi connectivity index (χ0n) is 21.3. The molecule has 38 heavy (non-hydrogen) atoms. The molecule has 1 fully saturated rings.